The number of carbonyl (C=O) groups is 1. The minimum atomic E-state index is -3.59. The number of hydrogen-bond donors (Lipinski definition) is 2. The van der Waals surface area contributed by atoms with Crippen molar-refractivity contribution in [1.82, 2.24) is 14.5 Å². The number of sulfone groups is 2. The molecule has 0 spiro atoms. The van der Waals surface area contributed by atoms with Crippen LogP contribution in [0.15, 0.2) is 129 Å². The van der Waals surface area contributed by atoms with Crippen LogP contribution in [-0.4, -0.2) is 50.8 Å². The maximum absolute atomic E-state index is 13.0. The molecule has 13 heteroatoms. The van der Waals surface area contributed by atoms with Crippen LogP contribution >= 0.6 is 12.4 Å². The van der Waals surface area contributed by atoms with Gasteiger partial charge in [0.15, 0.2) is 0 Å². The van der Waals surface area contributed by atoms with Gasteiger partial charge in [0.25, 0.3) is 0 Å². The van der Waals surface area contributed by atoms with Crippen molar-refractivity contribution in [1.29, 1.82) is 0 Å². The van der Waals surface area contributed by atoms with Crippen molar-refractivity contribution < 1.29 is 26.4 Å². The number of alkyl carbamates (subject to hydrolysis) is 1. The lowest BCUT2D eigenvalue weighted by atomic mass is 10.1. The monoisotopic (exact) mass is 764 g/mol. The number of benzene rings is 4. The second kappa shape index (κ2) is 16.4. The minimum Gasteiger partial charge on any atom is -0.444 e. The lowest BCUT2D eigenvalue weighted by Crippen LogP contribution is -2.33. The molecule has 0 saturated heterocycles. The molecule has 0 aliphatic rings. The Kier molecular flexibility index (Phi) is 12.6. The van der Waals surface area contributed by atoms with Crippen LogP contribution in [0.4, 0.5) is 4.79 Å². The zero-order valence-electron chi connectivity index (χ0n) is 29.9. The number of carbonyl (C=O) groups excluding carboxylic acids is 1. The van der Waals surface area contributed by atoms with Crippen molar-refractivity contribution in [2.45, 2.75) is 58.8 Å². The lowest BCUT2D eigenvalue weighted by molar-refractivity contribution is 0.0528. The maximum Gasteiger partial charge on any atom is 0.407 e. The molecule has 6 aromatic rings. The molecule has 4 aromatic carbocycles. The summed E-state index contributed by atoms with van der Waals surface area (Å²) in [5.41, 5.74) is 9.08. The van der Waals surface area contributed by atoms with Crippen LogP contribution in [0.3, 0.4) is 0 Å². The van der Waals surface area contributed by atoms with Crippen LogP contribution in [0.2, 0.25) is 0 Å². The number of aryl methyl sites for hydroxylation is 2. The first kappa shape index (κ1) is 40.2. The fourth-order valence-corrected chi connectivity index (χ4v) is 8.49. The van der Waals surface area contributed by atoms with Crippen LogP contribution in [0, 0.1) is 0 Å². The van der Waals surface area contributed by atoms with Crippen LogP contribution in [-0.2, 0) is 51.3 Å². The molecule has 1 amide bonds. The fourth-order valence-electron chi connectivity index (χ4n) is 5.88. The van der Waals surface area contributed by atoms with Gasteiger partial charge in [-0.25, -0.2) is 21.6 Å². The first-order valence-corrected chi connectivity index (χ1v) is 19.5. The summed E-state index contributed by atoms with van der Waals surface area (Å²) in [5, 5.41) is 4.55. The van der Waals surface area contributed by atoms with Crippen molar-refractivity contribution in [3.05, 3.63) is 121 Å². The number of halogens is 1. The van der Waals surface area contributed by atoms with Crippen molar-refractivity contribution in [3.8, 4) is 0 Å². The van der Waals surface area contributed by atoms with E-state index in [0.29, 0.717) is 29.3 Å². The van der Waals surface area contributed by atoms with Gasteiger partial charge in [0.1, 0.15) is 5.60 Å². The van der Waals surface area contributed by atoms with Gasteiger partial charge in [0.2, 0.25) is 19.7 Å². The summed E-state index contributed by atoms with van der Waals surface area (Å²) in [7, 11) is -3.22. The smallest absolute Gasteiger partial charge is 0.407 e. The average Bonchev–Trinajstić information content (AvgIpc) is 3.59. The number of nitrogens with two attached hydrogens (primary N) is 1. The van der Waals surface area contributed by atoms with Crippen molar-refractivity contribution >= 4 is 60.0 Å². The molecule has 0 unspecified atom stereocenters. The number of nitrogens with zero attached hydrogens (tertiary/aromatic N) is 2. The second-order valence-corrected chi connectivity index (χ2v) is 17.1. The number of ether oxygens (including phenoxy) is 1. The normalized spacial score (nSPS) is 11.8. The predicted molar refractivity (Wildman–Crippen MR) is 208 cm³/mol. The van der Waals surface area contributed by atoms with E-state index in [-0.39, 0.29) is 22.2 Å². The summed E-state index contributed by atoms with van der Waals surface area (Å²) >= 11 is 0. The second-order valence-electron chi connectivity index (χ2n) is 13.2. The Hall–Kier alpha value is -4.62. The maximum atomic E-state index is 13.0. The van der Waals surface area contributed by atoms with Gasteiger partial charge in [-0.15, -0.1) is 12.4 Å². The molecule has 6 rings (SSSR count). The summed E-state index contributed by atoms with van der Waals surface area (Å²) in [5.74, 6) is 0. The van der Waals surface area contributed by atoms with Crippen molar-refractivity contribution in [2.24, 2.45) is 19.8 Å². The number of amides is 1. The Morgan fingerprint density at radius 2 is 1.10 bits per heavy atom. The summed E-state index contributed by atoms with van der Waals surface area (Å²) in [6, 6.07) is 27.3. The molecule has 10 nitrogen and oxygen atoms in total. The van der Waals surface area contributed by atoms with E-state index in [2.05, 4.69) is 5.32 Å². The van der Waals surface area contributed by atoms with Gasteiger partial charge >= 0.3 is 6.09 Å². The van der Waals surface area contributed by atoms with Gasteiger partial charge in [-0.2, -0.15) is 0 Å². The minimum absolute atomic E-state index is 0. The number of hydrogen-bond acceptors (Lipinski definition) is 7. The molecule has 276 valence electrons. The average molecular weight is 765 g/mol. The Labute approximate surface area is 311 Å². The Morgan fingerprint density at radius 3 is 1.50 bits per heavy atom. The molecule has 2 aromatic heterocycles. The summed E-state index contributed by atoms with van der Waals surface area (Å²) in [6.45, 7) is 6.36. The molecule has 2 heterocycles. The third-order valence-corrected chi connectivity index (χ3v) is 11.8. The standard InChI is InChI=1S/C22H26N2O4S.C17H18N2O2S.ClH/c1-22(2,3)28-21(25)23-13-12-16-15-24(4)20-11-10-18(14-19(16)20)29(26,27)17-8-6-5-7-9-17;1-19-12-13(9-10-18)16-11-15(7-8-17(16)19)22(20,21)14-5-3-2-4-6-14;/h5-11,14-15H,12-13H2,1-4H3,(H,23,25);2-8,11-12H,9-10,18H2,1H3;1H. The molecule has 0 fully saturated rings. The number of aromatic nitrogens is 2. The van der Waals surface area contributed by atoms with Crippen LogP contribution < -0.4 is 11.1 Å². The quantitative estimate of drug-likeness (QED) is 0.161. The molecule has 0 aliphatic carbocycles. The highest BCUT2D eigenvalue weighted by Crippen LogP contribution is 2.29. The van der Waals surface area contributed by atoms with Gasteiger partial charge in [-0.3, -0.25) is 0 Å². The van der Waals surface area contributed by atoms with Crippen molar-refractivity contribution in [3.63, 3.8) is 0 Å². The van der Waals surface area contributed by atoms with Crippen LogP contribution in [0.25, 0.3) is 21.8 Å². The van der Waals surface area contributed by atoms with Gasteiger partial charge in [0, 0.05) is 54.8 Å². The molecule has 0 saturated carbocycles. The van der Waals surface area contributed by atoms with E-state index in [0.717, 1.165) is 39.4 Å². The third-order valence-electron chi connectivity index (χ3n) is 8.29. The zero-order chi connectivity index (χ0) is 37.0. The summed E-state index contributed by atoms with van der Waals surface area (Å²) in [4.78, 5) is 13.0. The molecule has 3 N–H and O–H groups in total. The largest absolute Gasteiger partial charge is 0.444 e. The lowest BCUT2D eigenvalue weighted by Gasteiger charge is -2.19. The molecule has 0 radical (unpaired) electrons. The fraction of sp³-hybridized carbons (Fsp3) is 0.256. The van der Waals surface area contributed by atoms with E-state index < -0.39 is 31.4 Å². The van der Waals surface area contributed by atoms with Crippen LogP contribution in [0.5, 0.6) is 0 Å². The molecular weight excluding hydrogens is 720 g/mol. The molecular formula is C39H45ClN4O6S2. The highest BCUT2D eigenvalue weighted by molar-refractivity contribution is 7.91. The topological polar surface area (TPSA) is 142 Å². The van der Waals surface area contributed by atoms with Gasteiger partial charge in [-0.1, -0.05) is 36.4 Å². The summed E-state index contributed by atoms with van der Waals surface area (Å²) in [6.07, 6.45) is 4.79. The molecule has 52 heavy (non-hydrogen) atoms. The van der Waals surface area contributed by atoms with Gasteiger partial charge in [-0.05, 0) is 112 Å². The Balaban J connectivity index is 0.000000236. The van der Waals surface area contributed by atoms with E-state index in [1.165, 1.54) is 0 Å². The number of nitrogens with one attached hydrogen (secondary N) is 1. The predicted octanol–water partition coefficient (Wildman–Crippen LogP) is 7.01. The number of rotatable bonds is 9. The van der Waals surface area contributed by atoms with E-state index in [1.807, 2.05) is 68.5 Å². The Morgan fingerprint density at radius 1 is 0.673 bits per heavy atom. The van der Waals surface area contributed by atoms with Crippen LogP contribution in [0.1, 0.15) is 31.9 Å². The SMILES string of the molecule is Cl.Cn1cc(CCN)c2cc(S(=O)(=O)c3ccccc3)ccc21.Cn1cc(CCNC(=O)OC(C)(C)C)c2cc(S(=O)(=O)c3ccccc3)ccc21. The number of fused-ring (bicyclic) bond motifs is 2. The zero-order valence-corrected chi connectivity index (χ0v) is 32.3. The molecule has 0 bridgehead atoms. The van der Waals surface area contributed by atoms with Crippen molar-refractivity contribution in [2.75, 3.05) is 13.1 Å². The highest BCUT2D eigenvalue weighted by atomic mass is 35.5. The first-order chi connectivity index (χ1) is 24.1. The van der Waals surface area contributed by atoms with E-state index >= 15 is 0 Å². The first-order valence-electron chi connectivity index (χ1n) is 16.5. The van der Waals surface area contributed by atoms with Gasteiger partial charge < -0.3 is 24.9 Å². The Bertz CT molecular complexity index is 2380. The van der Waals surface area contributed by atoms with E-state index in [9.17, 15) is 21.6 Å². The van der Waals surface area contributed by atoms with E-state index in [4.69, 9.17) is 10.5 Å². The highest BCUT2D eigenvalue weighted by Gasteiger charge is 2.21. The molecule has 0 atom stereocenters. The third kappa shape index (κ3) is 9.05. The molecule has 0 aliphatic heterocycles. The summed E-state index contributed by atoms with van der Waals surface area (Å²) < 4.78 is 60.5. The van der Waals surface area contributed by atoms with Gasteiger partial charge in [0.05, 0.1) is 19.6 Å². The van der Waals surface area contributed by atoms with E-state index in [1.54, 1.807) is 84.9 Å².